The first kappa shape index (κ1) is 16.7. The van der Waals surface area contributed by atoms with Gasteiger partial charge in [0.2, 0.25) is 0 Å². The maximum Gasteiger partial charge on any atom is 0.123 e. The summed E-state index contributed by atoms with van der Waals surface area (Å²) in [5.41, 5.74) is 2.59. The van der Waals surface area contributed by atoms with Crippen LogP contribution in [0.15, 0.2) is 18.2 Å². The molecule has 2 rings (SSSR count). The molecule has 1 aromatic rings. The van der Waals surface area contributed by atoms with Crippen LogP contribution in [-0.4, -0.2) is 49.7 Å². The van der Waals surface area contributed by atoms with Crippen molar-refractivity contribution < 1.29 is 4.74 Å². The molecular formula is C17H28N2OS. The molecule has 1 saturated heterocycles. The van der Waals surface area contributed by atoms with Gasteiger partial charge in [0.05, 0.1) is 13.2 Å². The van der Waals surface area contributed by atoms with E-state index in [4.69, 9.17) is 4.74 Å². The molecule has 4 heteroatoms. The van der Waals surface area contributed by atoms with Gasteiger partial charge in [0.15, 0.2) is 0 Å². The summed E-state index contributed by atoms with van der Waals surface area (Å²) in [5.74, 6) is 3.41. The second-order valence-corrected chi connectivity index (χ2v) is 6.95. The van der Waals surface area contributed by atoms with E-state index < -0.39 is 0 Å². The molecule has 1 heterocycles. The van der Waals surface area contributed by atoms with Crippen LogP contribution in [0.25, 0.3) is 0 Å². The molecule has 0 aliphatic carbocycles. The Morgan fingerprint density at radius 3 is 2.95 bits per heavy atom. The van der Waals surface area contributed by atoms with E-state index in [0.29, 0.717) is 12.1 Å². The number of hydrogen-bond acceptors (Lipinski definition) is 4. The third kappa shape index (κ3) is 4.15. The van der Waals surface area contributed by atoms with Crippen molar-refractivity contribution >= 4 is 11.8 Å². The Bertz CT molecular complexity index is 452. The average Bonchev–Trinajstić information content (AvgIpc) is 2.49. The van der Waals surface area contributed by atoms with Crippen molar-refractivity contribution in [2.24, 2.45) is 0 Å². The summed E-state index contributed by atoms with van der Waals surface area (Å²) in [4.78, 5) is 2.49. The number of aryl methyl sites for hydroxylation is 1. The lowest BCUT2D eigenvalue weighted by Gasteiger charge is -2.39. The molecule has 0 aromatic heterocycles. The van der Waals surface area contributed by atoms with Gasteiger partial charge in [-0.3, -0.25) is 4.90 Å². The Labute approximate surface area is 133 Å². The molecular weight excluding hydrogens is 280 g/mol. The summed E-state index contributed by atoms with van der Waals surface area (Å²) in [6.07, 6.45) is 1.15. The first-order valence-corrected chi connectivity index (χ1v) is 8.98. The molecule has 0 bridgehead atoms. The number of methoxy groups -OCH3 is 1. The van der Waals surface area contributed by atoms with Gasteiger partial charge in [-0.2, -0.15) is 11.8 Å². The third-order valence-electron chi connectivity index (χ3n) is 4.16. The predicted octanol–water partition coefficient (Wildman–Crippen LogP) is 3.09. The SMILES string of the molecule is CCCNC(c1cc(C)ccc1OC)C1CSCCN1C. The monoisotopic (exact) mass is 308 g/mol. The number of ether oxygens (including phenoxy) is 1. The second kappa shape index (κ2) is 8.06. The fraction of sp³-hybridized carbons (Fsp3) is 0.647. The van der Waals surface area contributed by atoms with Crippen molar-refractivity contribution in [3.63, 3.8) is 0 Å². The van der Waals surface area contributed by atoms with E-state index >= 15 is 0 Å². The molecule has 21 heavy (non-hydrogen) atoms. The molecule has 2 atom stereocenters. The highest BCUT2D eigenvalue weighted by Crippen LogP contribution is 2.33. The molecule has 0 saturated carbocycles. The minimum absolute atomic E-state index is 0.331. The molecule has 0 spiro atoms. The minimum atomic E-state index is 0.331. The van der Waals surface area contributed by atoms with Crippen LogP contribution in [0.4, 0.5) is 0 Å². The number of likely N-dealkylation sites (N-methyl/N-ethyl adjacent to an activating group) is 1. The molecule has 118 valence electrons. The van der Waals surface area contributed by atoms with Gasteiger partial charge >= 0.3 is 0 Å². The van der Waals surface area contributed by atoms with Crippen LogP contribution in [0, 0.1) is 6.92 Å². The molecule has 1 aliphatic rings. The number of benzene rings is 1. The summed E-state index contributed by atoms with van der Waals surface area (Å²) >= 11 is 2.06. The zero-order chi connectivity index (χ0) is 15.2. The molecule has 1 aliphatic heterocycles. The molecule has 0 radical (unpaired) electrons. The molecule has 1 fully saturated rings. The number of nitrogens with zero attached hydrogens (tertiary/aromatic N) is 1. The van der Waals surface area contributed by atoms with Crippen molar-refractivity contribution in [2.45, 2.75) is 32.4 Å². The molecule has 2 unspecified atom stereocenters. The highest BCUT2D eigenvalue weighted by molar-refractivity contribution is 7.99. The van der Waals surface area contributed by atoms with Gasteiger partial charge < -0.3 is 10.1 Å². The molecule has 1 N–H and O–H groups in total. The van der Waals surface area contributed by atoms with E-state index in [2.05, 4.69) is 61.1 Å². The van der Waals surface area contributed by atoms with E-state index in [0.717, 1.165) is 25.3 Å². The Morgan fingerprint density at radius 2 is 2.29 bits per heavy atom. The van der Waals surface area contributed by atoms with E-state index in [9.17, 15) is 0 Å². The first-order valence-electron chi connectivity index (χ1n) is 7.83. The fourth-order valence-electron chi connectivity index (χ4n) is 2.91. The number of thioether (sulfide) groups is 1. The van der Waals surface area contributed by atoms with Crippen molar-refractivity contribution in [3.05, 3.63) is 29.3 Å². The zero-order valence-electron chi connectivity index (χ0n) is 13.7. The smallest absolute Gasteiger partial charge is 0.123 e. The number of rotatable bonds is 6. The largest absolute Gasteiger partial charge is 0.496 e. The average molecular weight is 308 g/mol. The van der Waals surface area contributed by atoms with E-state index in [1.54, 1.807) is 7.11 Å². The van der Waals surface area contributed by atoms with Crippen LogP contribution < -0.4 is 10.1 Å². The Balaban J connectivity index is 2.32. The summed E-state index contributed by atoms with van der Waals surface area (Å²) in [6, 6.07) is 7.35. The van der Waals surface area contributed by atoms with Gasteiger partial charge in [-0.25, -0.2) is 0 Å². The predicted molar refractivity (Wildman–Crippen MR) is 92.5 cm³/mol. The standard InChI is InChI=1S/C17H28N2OS/c1-5-8-18-17(15-12-21-10-9-19(15)3)14-11-13(2)6-7-16(14)20-4/h6-7,11,15,17-18H,5,8-10,12H2,1-4H3. The van der Waals surface area contributed by atoms with Crippen LogP contribution in [0.2, 0.25) is 0 Å². The minimum Gasteiger partial charge on any atom is -0.496 e. The Hall–Kier alpha value is -0.710. The van der Waals surface area contributed by atoms with Crippen LogP contribution in [0.3, 0.4) is 0 Å². The van der Waals surface area contributed by atoms with Gasteiger partial charge in [-0.1, -0.05) is 24.6 Å². The summed E-state index contributed by atoms with van der Waals surface area (Å²) in [6.45, 7) is 6.57. The zero-order valence-corrected chi connectivity index (χ0v) is 14.5. The quantitative estimate of drug-likeness (QED) is 0.873. The topological polar surface area (TPSA) is 24.5 Å². The van der Waals surface area contributed by atoms with Crippen molar-refractivity contribution in [1.29, 1.82) is 0 Å². The normalized spacial score (nSPS) is 21.2. The lowest BCUT2D eigenvalue weighted by atomic mass is 9.96. The Kier molecular flexibility index (Phi) is 6.40. The summed E-state index contributed by atoms with van der Waals surface area (Å²) in [5, 5.41) is 3.75. The van der Waals surface area contributed by atoms with Gasteiger partial charge in [-0.15, -0.1) is 0 Å². The van der Waals surface area contributed by atoms with Crippen molar-refractivity contribution in [3.8, 4) is 5.75 Å². The van der Waals surface area contributed by atoms with Crippen molar-refractivity contribution in [1.82, 2.24) is 10.2 Å². The number of nitrogens with one attached hydrogen (secondary N) is 1. The highest BCUT2D eigenvalue weighted by Gasteiger charge is 2.30. The van der Waals surface area contributed by atoms with Crippen LogP contribution in [0.5, 0.6) is 5.75 Å². The van der Waals surface area contributed by atoms with Crippen LogP contribution in [0.1, 0.15) is 30.5 Å². The van der Waals surface area contributed by atoms with Crippen molar-refractivity contribution in [2.75, 3.05) is 38.8 Å². The van der Waals surface area contributed by atoms with E-state index in [1.165, 1.54) is 22.6 Å². The highest BCUT2D eigenvalue weighted by atomic mass is 32.2. The van der Waals surface area contributed by atoms with E-state index in [-0.39, 0.29) is 0 Å². The van der Waals surface area contributed by atoms with Gasteiger partial charge in [0.25, 0.3) is 0 Å². The summed E-state index contributed by atoms with van der Waals surface area (Å²) in [7, 11) is 4.01. The maximum absolute atomic E-state index is 5.62. The second-order valence-electron chi connectivity index (χ2n) is 5.80. The van der Waals surface area contributed by atoms with Gasteiger partial charge in [0, 0.05) is 29.7 Å². The van der Waals surface area contributed by atoms with Crippen LogP contribution >= 0.6 is 11.8 Å². The first-order chi connectivity index (χ1) is 10.2. The Morgan fingerprint density at radius 1 is 1.48 bits per heavy atom. The lowest BCUT2D eigenvalue weighted by molar-refractivity contribution is 0.213. The fourth-order valence-corrected chi connectivity index (χ4v) is 4.18. The summed E-state index contributed by atoms with van der Waals surface area (Å²) < 4.78 is 5.62. The van der Waals surface area contributed by atoms with E-state index in [1.807, 2.05) is 0 Å². The third-order valence-corrected chi connectivity index (χ3v) is 5.21. The lowest BCUT2D eigenvalue weighted by Crippen LogP contribution is -2.48. The molecule has 1 aromatic carbocycles. The molecule has 0 amide bonds. The molecule has 3 nitrogen and oxygen atoms in total. The number of hydrogen-bond donors (Lipinski definition) is 1. The van der Waals surface area contributed by atoms with Crippen LogP contribution in [-0.2, 0) is 0 Å². The van der Waals surface area contributed by atoms with Gasteiger partial charge in [0.1, 0.15) is 5.75 Å². The maximum atomic E-state index is 5.62. The van der Waals surface area contributed by atoms with Gasteiger partial charge in [-0.05, 0) is 33.0 Å².